The van der Waals surface area contributed by atoms with Crippen molar-refractivity contribution in [1.82, 2.24) is 14.8 Å². The van der Waals surface area contributed by atoms with Crippen molar-refractivity contribution in [1.29, 1.82) is 0 Å². The van der Waals surface area contributed by atoms with E-state index in [0.717, 1.165) is 45.3 Å². The van der Waals surface area contributed by atoms with Crippen molar-refractivity contribution in [3.8, 4) is 5.00 Å². The molecule has 4 rings (SSSR count). The Kier molecular flexibility index (Phi) is 3.81. The summed E-state index contributed by atoms with van der Waals surface area (Å²) in [7, 11) is 0. The molecule has 0 radical (unpaired) electrons. The van der Waals surface area contributed by atoms with E-state index in [2.05, 4.69) is 10.2 Å². The van der Waals surface area contributed by atoms with Crippen LogP contribution >= 0.6 is 22.9 Å². The monoisotopic (exact) mass is 370 g/mol. The lowest BCUT2D eigenvalue weighted by molar-refractivity contribution is 0.112. The topological polar surface area (TPSA) is 60.1 Å². The minimum Gasteiger partial charge on any atom is -0.297 e. The number of halogens is 1. The molecule has 3 aromatic rings. The van der Waals surface area contributed by atoms with E-state index in [4.69, 9.17) is 16.6 Å². The van der Waals surface area contributed by atoms with Crippen LogP contribution in [0.5, 0.6) is 0 Å². The Morgan fingerprint density at radius 1 is 1.20 bits per heavy atom. The first kappa shape index (κ1) is 16.2. The second-order valence-electron chi connectivity index (χ2n) is 5.99. The van der Waals surface area contributed by atoms with Crippen molar-refractivity contribution in [3.63, 3.8) is 0 Å². The van der Waals surface area contributed by atoms with Crippen LogP contribution in [0, 0.1) is 13.8 Å². The summed E-state index contributed by atoms with van der Waals surface area (Å²) in [4.78, 5) is 17.1. The highest BCUT2D eigenvalue weighted by Gasteiger charge is 2.29. The first-order valence-electron chi connectivity index (χ1n) is 7.86. The van der Waals surface area contributed by atoms with Crippen LogP contribution in [-0.4, -0.2) is 26.8 Å². The number of nitrogens with zero attached hydrogens (tertiary/aromatic N) is 4. The van der Waals surface area contributed by atoms with Crippen molar-refractivity contribution < 1.29 is 4.79 Å². The Labute approximate surface area is 154 Å². The van der Waals surface area contributed by atoms with Crippen LogP contribution in [0.25, 0.3) is 5.00 Å². The van der Waals surface area contributed by atoms with Crippen molar-refractivity contribution in [2.75, 3.05) is 0 Å². The van der Waals surface area contributed by atoms with Crippen LogP contribution < -0.4 is 0 Å². The molecular weight excluding hydrogens is 356 g/mol. The van der Waals surface area contributed by atoms with E-state index in [1.54, 1.807) is 0 Å². The van der Waals surface area contributed by atoms with E-state index >= 15 is 0 Å². The molecule has 0 spiro atoms. The average molecular weight is 371 g/mol. The molecule has 0 N–H and O–H groups in total. The molecule has 25 heavy (non-hydrogen) atoms. The third-order valence-corrected chi connectivity index (χ3v) is 5.83. The third-order valence-electron chi connectivity index (χ3n) is 4.38. The number of hydrogen-bond acceptors (Lipinski definition) is 5. The van der Waals surface area contributed by atoms with Gasteiger partial charge in [0, 0.05) is 16.1 Å². The predicted octanol–water partition coefficient (Wildman–Crippen LogP) is 4.32. The van der Waals surface area contributed by atoms with E-state index in [1.807, 2.05) is 49.6 Å². The van der Waals surface area contributed by atoms with Gasteiger partial charge in [-0.05, 0) is 38.5 Å². The fourth-order valence-corrected chi connectivity index (χ4v) is 4.41. The second-order valence-corrected chi connectivity index (χ2v) is 7.46. The first-order valence-corrected chi connectivity index (χ1v) is 9.05. The summed E-state index contributed by atoms with van der Waals surface area (Å²) in [6.45, 7) is 5.87. The summed E-state index contributed by atoms with van der Waals surface area (Å²) < 4.78 is 2.01. The van der Waals surface area contributed by atoms with Crippen LogP contribution in [-0.2, 0) is 0 Å². The Morgan fingerprint density at radius 2 is 1.92 bits per heavy atom. The molecule has 0 saturated heterocycles. The number of aliphatic imine (C=N–C) groups is 1. The zero-order valence-corrected chi connectivity index (χ0v) is 15.5. The molecule has 0 aliphatic carbocycles. The van der Waals surface area contributed by atoms with Crippen molar-refractivity contribution in [2.45, 2.75) is 26.8 Å². The Balaban J connectivity index is 2.06. The number of thiophene rings is 1. The summed E-state index contributed by atoms with van der Waals surface area (Å²) >= 11 is 7.49. The predicted molar refractivity (Wildman–Crippen MR) is 99.6 cm³/mol. The molecule has 1 unspecified atom stereocenters. The Bertz CT molecular complexity index is 1020. The maximum atomic E-state index is 11.5. The molecule has 0 fully saturated rings. The number of aldehydes is 1. The van der Waals surface area contributed by atoms with Crippen molar-refractivity contribution in [2.24, 2.45) is 4.99 Å². The van der Waals surface area contributed by atoms with Gasteiger partial charge in [0.1, 0.15) is 16.9 Å². The van der Waals surface area contributed by atoms with Gasteiger partial charge in [-0.25, -0.2) is 0 Å². The SMILES string of the molecule is Cc1c(C=O)sc2c1C(c1ccc(Cl)cc1)=NC(C)c1nnc(C)n1-2. The normalized spacial score (nSPS) is 16.0. The fourth-order valence-electron chi connectivity index (χ4n) is 3.11. The summed E-state index contributed by atoms with van der Waals surface area (Å²) in [5.74, 6) is 1.57. The lowest BCUT2D eigenvalue weighted by Crippen LogP contribution is -2.07. The minimum absolute atomic E-state index is 0.148. The smallest absolute Gasteiger partial charge is 0.162 e. The molecule has 1 aromatic carbocycles. The van der Waals surface area contributed by atoms with Crippen LogP contribution in [0.1, 0.15) is 51.0 Å². The number of carbonyl (C=O) groups excluding carboxylic acids is 1. The number of rotatable bonds is 2. The number of carbonyl (C=O) groups is 1. The van der Waals surface area contributed by atoms with E-state index in [0.29, 0.717) is 9.90 Å². The van der Waals surface area contributed by atoms with Gasteiger partial charge in [-0.2, -0.15) is 0 Å². The van der Waals surface area contributed by atoms with E-state index in [-0.39, 0.29) is 6.04 Å². The standard InChI is InChI=1S/C18H15ClN4OS/c1-9-14(8-24)25-18-15(9)16(12-4-6-13(19)7-5-12)20-10(2)17-22-21-11(3)23(17)18/h4-8,10H,1-3H3. The quantitative estimate of drug-likeness (QED) is 0.631. The number of aryl methyl sites for hydroxylation is 1. The Morgan fingerprint density at radius 3 is 2.60 bits per heavy atom. The van der Waals surface area contributed by atoms with Gasteiger partial charge in [-0.15, -0.1) is 21.5 Å². The summed E-state index contributed by atoms with van der Waals surface area (Å²) in [6, 6.07) is 7.46. The second kappa shape index (κ2) is 5.89. The average Bonchev–Trinajstić information content (AvgIpc) is 3.09. The highest BCUT2D eigenvalue weighted by Crippen LogP contribution is 2.38. The summed E-state index contributed by atoms with van der Waals surface area (Å²) in [5.41, 5.74) is 3.71. The first-order chi connectivity index (χ1) is 12.0. The zero-order chi connectivity index (χ0) is 17.7. The number of aromatic nitrogens is 3. The molecule has 5 nitrogen and oxygen atoms in total. The minimum atomic E-state index is -0.148. The van der Waals surface area contributed by atoms with E-state index < -0.39 is 0 Å². The van der Waals surface area contributed by atoms with Gasteiger partial charge in [0.15, 0.2) is 12.1 Å². The molecule has 1 aliphatic heterocycles. The molecular formula is C18H15ClN4OS. The largest absolute Gasteiger partial charge is 0.297 e. The van der Waals surface area contributed by atoms with Gasteiger partial charge in [0.25, 0.3) is 0 Å². The van der Waals surface area contributed by atoms with E-state index in [1.165, 1.54) is 11.3 Å². The zero-order valence-electron chi connectivity index (χ0n) is 13.9. The number of benzene rings is 1. The van der Waals surface area contributed by atoms with Crippen LogP contribution in [0.2, 0.25) is 5.02 Å². The third kappa shape index (κ3) is 2.44. The number of hydrogen-bond donors (Lipinski definition) is 0. The molecule has 0 amide bonds. The molecule has 3 heterocycles. The highest BCUT2D eigenvalue weighted by molar-refractivity contribution is 7.16. The molecule has 126 valence electrons. The van der Waals surface area contributed by atoms with Gasteiger partial charge in [0.2, 0.25) is 0 Å². The molecule has 0 saturated carbocycles. The molecule has 2 aromatic heterocycles. The van der Waals surface area contributed by atoms with Gasteiger partial charge in [0.05, 0.1) is 10.6 Å². The summed E-state index contributed by atoms with van der Waals surface area (Å²) in [6.07, 6.45) is 0.900. The summed E-state index contributed by atoms with van der Waals surface area (Å²) in [5, 5.41) is 10.1. The lowest BCUT2D eigenvalue weighted by atomic mass is 10.00. The van der Waals surface area contributed by atoms with Gasteiger partial charge in [-0.1, -0.05) is 23.7 Å². The fraction of sp³-hybridized carbons (Fsp3) is 0.222. The molecule has 0 bridgehead atoms. The lowest BCUT2D eigenvalue weighted by Gasteiger charge is -2.09. The van der Waals surface area contributed by atoms with E-state index in [9.17, 15) is 4.79 Å². The molecule has 1 atom stereocenters. The van der Waals surface area contributed by atoms with Crippen molar-refractivity contribution >= 4 is 34.9 Å². The van der Waals surface area contributed by atoms with Gasteiger partial charge in [-0.3, -0.25) is 14.4 Å². The van der Waals surface area contributed by atoms with Gasteiger partial charge >= 0.3 is 0 Å². The maximum absolute atomic E-state index is 11.5. The van der Waals surface area contributed by atoms with Crippen molar-refractivity contribution in [3.05, 3.63) is 62.5 Å². The van der Waals surface area contributed by atoms with Crippen LogP contribution in [0.3, 0.4) is 0 Å². The van der Waals surface area contributed by atoms with Crippen LogP contribution in [0.4, 0.5) is 0 Å². The molecule has 1 aliphatic rings. The van der Waals surface area contributed by atoms with Crippen LogP contribution in [0.15, 0.2) is 29.3 Å². The highest BCUT2D eigenvalue weighted by atomic mass is 35.5. The van der Waals surface area contributed by atoms with Gasteiger partial charge < -0.3 is 0 Å². The number of fused-ring (bicyclic) bond motifs is 3. The molecule has 7 heteroatoms. The maximum Gasteiger partial charge on any atom is 0.162 e. The Hall–Kier alpha value is -2.31.